The Bertz CT molecular complexity index is 611. The van der Waals surface area contributed by atoms with Crippen LogP contribution in [0.25, 0.3) is 0 Å². The average Bonchev–Trinajstić information content (AvgIpc) is 2.64. The number of benzene rings is 1. The fraction of sp³-hybridized carbons (Fsp3) is 0.231. The van der Waals surface area contributed by atoms with Gasteiger partial charge in [0, 0.05) is 5.69 Å². The zero-order valence-corrected chi connectivity index (χ0v) is 11.3. The predicted molar refractivity (Wildman–Crippen MR) is 74.9 cm³/mol. The first kappa shape index (κ1) is 14.5. The quantitative estimate of drug-likeness (QED) is 0.356. The molecule has 0 spiro atoms. The lowest BCUT2D eigenvalue weighted by Gasteiger charge is -2.19. The molecule has 1 atom stereocenters. The van der Waals surface area contributed by atoms with E-state index in [1.54, 1.807) is 31.2 Å². The molecule has 0 aliphatic carbocycles. The van der Waals surface area contributed by atoms with Gasteiger partial charge in [0.2, 0.25) is 0 Å². The fourth-order valence-corrected chi connectivity index (χ4v) is 2.15. The van der Waals surface area contributed by atoms with E-state index in [1.165, 1.54) is 11.1 Å². The summed E-state index contributed by atoms with van der Waals surface area (Å²) in [7, 11) is 0. The third-order valence-electron chi connectivity index (χ3n) is 3.14. The van der Waals surface area contributed by atoms with Crippen molar-refractivity contribution in [2.45, 2.75) is 13.0 Å². The van der Waals surface area contributed by atoms with Crippen molar-refractivity contribution in [2.24, 2.45) is 10.9 Å². The molecule has 3 amide bonds. The number of amides is 3. The van der Waals surface area contributed by atoms with Crippen molar-refractivity contribution in [3.05, 3.63) is 29.8 Å². The Morgan fingerprint density at radius 1 is 1.38 bits per heavy atom. The first-order chi connectivity index (χ1) is 9.95. The standard InChI is InChI=1S/C13H14N4O4/c1-8-12(20)16(7-11(18)19)13(21)17(8)10-4-2-9(3-5-10)6-15-14/h2-6,8H,7,14H2,1H3,(H,18,19)/b15-6+. The highest BCUT2D eigenvalue weighted by molar-refractivity contribution is 6.15. The number of nitrogens with zero attached hydrogens (tertiary/aromatic N) is 3. The van der Waals surface area contributed by atoms with E-state index >= 15 is 0 Å². The minimum absolute atomic E-state index is 0.503. The second-order valence-corrected chi connectivity index (χ2v) is 4.52. The Balaban J connectivity index is 2.28. The zero-order chi connectivity index (χ0) is 15.6. The summed E-state index contributed by atoms with van der Waals surface area (Å²) >= 11 is 0. The van der Waals surface area contributed by atoms with E-state index in [0.717, 1.165) is 10.5 Å². The lowest BCUT2D eigenvalue weighted by atomic mass is 10.2. The molecule has 1 aromatic rings. The molecule has 1 saturated heterocycles. The van der Waals surface area contributed by atoms with Crippen LogP contribution < -0.4 is 10.7 Å². The van der Waals surface area contributed by atoms with Crippen LogP contribution in [0, 0.1) is 0 Å². The maximum Gasteiger partial charge on any atom is 0.332 e. The number of imide groups is 1. The number of hydrogen-bond acceptors (Lipinski definition) is 5. The van der Waals surface area contributed by atoms with Crippen molar-refractivity contribution >= 4 is 29.8 Å². The summed E-state index contributed by atoms with van der Waals surface area (Å²) < 4.78 is 0. The number of aliphatic carboxylic acids is 1. The number of nitrogens with two attached hydrogens (primary N) is 1. The van der Waals surface area contributed by atoms with E-state index in [-0.39, 0.29) is 0 Å². The van der Waals surface area contributed by atoms with Crippen molar-refractivity contribution < 1.29 is 19.5 Å². The smallest absolute Gasteiger partial charge is 0.332 e. The highest BCUT2D eigenvalue weighted by atomic mass is 16.4. The lowest BCUT2D eigenvalue weighted by molar-refractivity contribution is -0.141. The van der Waals surface area contributed by atoms with Gasteiger partial charge in [-0.25, -0.2) is 4.79 Å². The van der Waals surface area contributed by atoms with Gasteiger partial charge in [-0.05, 0) is 24.6 Å². The van der Waals surface area contributed by atoms with Crippen molar-refractivity contribution in [3.63, 3.8) is 0 Å². The number of carbonyl (C=O) groups is 3. The molecule has 1 heterocycles. The number of rotatable bonds is 4. The number of hydrazone groups is 1. The van der Waals surface area contributed by atoms with Crippen LogP contribution in [0.5, 0.6) is 0 Å². The number of hydrogen-bond donors (Lipinski definition) is 2. The maximum atomic E-state index is 12.2. The molecule has 8 heteroatoms. The van der Waals surface area contributed by atoms with Gasteiger partial charge in [0.15, 0.2) is 0 Å². The molecule has 0 saturated carbocycles. The summed E-state index contributed by atoms with van der Waals surface area (Å²) in [6.45, 7) is 0.910. The van der Waals surface area contributed by atoms with Gasteiger partial charge in [-0.15, -0.1) is 0 Å². The molecule has 3 N–H and O–H groups in total. The highest BCUT2D eigenvalue weighted by Gasteiger charge is 2.43. The lowest BCUT2D eigenvalue weighted by Crippen LogP contribution is -2.36. The van der Waals surface area contributed by atoms with Crippen LogP contribution >= 0.6 is 0 Å². The topological polar surface area (TPSA) is 116 Å². The fourth-order valence-electron chi connectivity index (χ4n) is 2.15. The van der Waals surface area contributed by atoms with E-state index in [1.807, 2.05) is 0 Å². The van der Waals surface area contributed by atoms with Crippen molar-refractivity contribution in [1.82, 2.24) is 4.90 Å². The van der Waals surface area contributed by atoms with E-state index < -0.39 is 30.5 Å². The van der Waals surface area contributed by atoms with Gasteiger partial charge >= 0.3 is 12.0 Å². The zero-order valence-electron chi connectivity index (χ0n) is 11.3. The number of carboxylic acid groups (broad SMARTS) is 1. The molecule has 110 valence electrons. The summed E-state index contributed by atoms with van der Waals surface area (Å²) in [5.74, 6) is 3.28. The van der Waals surface area contributed by atoms with Crippen molar-refractivity contribution in [1.29, 1.82) is 0 Å². The van der Waals surface area contributed by atoms with Gasteiger partial charge in [-0.1, -0.05) is 12.1 Å². The second kappa shape index (κ2) is 5.61. The monoisotopic (exact) mass is 290 g/mol. The molecule has 8 nitrogen and oxygen atoms in total. The summed E-state index contributed by atoms with van der Waals surface area (Å²) in [6, 6.07) is 5.28. The van der Waals surface area contributed by atoms with Gasteiger partial charge in [-0.2, -0.15) is 5.10 Å². The second-order valence-electron chi connectivity index (χ2n) is 4.52. The minimum atomic E-state index is -1.24. The Kier molecular flexibility index (Phi) is 3.88. The molecule has 1 unspecified atom stereocenters. The Morgan fingerprint density at radius 2 is 2.00 bits per heavy atom. The molecule has 0 aromatic heterocycles. The predicted octanol–water partition coefficient (Wildman–Crippen LogP) is 0.221. The first-order valence-electron chi connectivity index (χ1n) is 6.15. The molecular weight excluding hydrogens is 276 g/mol. The highest BCUT2D eigenvalue weighted by Crippen LogP contribution is 2.25. The SMILES string of the molecule is CC1C(=O)N(CC(=O)O)C(=O)N1c1ccc(/C=N/N)cc1. The third-order valence-corrected chi connectivity index (χ3v) is 3.14. The Hall–Kier alpha value is -2.90. The van der Waals surface area contributed by atoms with Crippen LogP contribution in [0.2, 0.25) is 0 Å². The number of urea groups is 1. The van der Waals surface area contributed by atoms with E-state index in [9.17, 15) is 14.4 Å². The molecule has 0 bridgehead atoms. The average molecular weight is 290 g/mol. The minimum Gasteiger partial charge on any atom is -0.480 e. The summed E-state index contributed by atoms with van der Waals surface area (Å²) in [4.78, 5) is 36.9. The van der Waals surface area contributed by atoms with Gasteiger partial charge < -0.3 is 10.9 Å². The van der Waals surface area contributed by atoms with Gasteiger partial charge in [0.05, 0.1) is 6.21 Å². The molecule has 1 aromatic carbocycles. The maximum absolute atomic E-state index is 12.2. The van der Waals surface area contributed by atoms with Gasteiger partial charge in [-0.3, -0.25) is 19.4 Å². The molecular formula is C13H14N4O4. The van der Waals surface area contributed by atoms with Crippen LogP contribution in [0.4, 0.5) is 10.5 Å². The molecule has 1 aliphatic heterocycles. The number of carboxylic acids is 1. The van der Waals surface area contributed by atoms with E-state index in [0.29, 0.717) is 5.69 Å². The third kappa shape index (κ3) is 2.69. The van der Waals surface area contributed by atoms with Crippen molar-refractivity contribution in [3.8, 4) is 0 Å². The summed E-state index contributed by atoms with van der Waals surface area (Å²) in [5.41, 5.74) is 1.25. The van der Waals surface area contributed by atoms with Crippen molar-refractivity contribution in [2.75, 3.05) is 11.4 Å². The summed E-state index contributed by atoms with van der Waals surface area (Å²) in [5, 5.41) is 12.1. The Labute approximate surface area is 120 Å². The molecule has 2 rings (SSSR count). The molecule has 0 radical (unpaired) electrons. The molecule has 1 aliphatic rings. The van der Waals surface area contributed by atoms with E-state index in [4.69, 9.17) is 10.9 Å². The van der Waals surface area contributed by atoms with E-state index in [2.05, 4.69) is 5.10 Å². The normalized spacial score (nSPS) is 18.8. The molecule has 1 fully saturated rings. The van der Waals surface area contributed by atoms with Gasteiger partial charge in [0.1, 0.15) is 12.6 Å². The van der Waals surface area contributed by atoms with Crippen LogP contribution in [0.3, 0.4) is 0 Å². The first-order valence-corrected chi connectivity index (χ1v) is 6.15. The largest absolute Gasteiger partial charge is 0.480 e. The Morgan fingerprint density at radius 3 is 2.52 bits per heavy atom. The number of anilines is 1. The van der Waals surface area contributed by atoms with Crippen LogP contribution in [0.1, 0.15) is 12.5 Å². The number of carbonyl (C=O) groups excluding carboxylic acids is 2. The molecule has 21 heavy (non-hydrogen) atoms. The van der Waals surface area contributed by atoms with Crippen LogP contribution in [-0.4, -0.2) is 46.7 Å². The van der Waals surface area contributed by atoms with Crippen LogP contribution in [0.15, 0.2) is 29.4 Å². The van der Waals surface area contributed by atoms with Crippen LogP contribution in [-0.2, 0) is 9.59 Å². The van der Waals surface area contributed by atoms with Gasteiger partial charge in [0.25, 0.3) is 5.91 Å². The summed E-state index contributed by atoms with van der Waals surface area (Å²) in [6.07, 6.45) is 1.45.